The first-order valence-electron chi connectivity index (χ1n) is 4.49. The predicted octanol–water partition coefficient (Wildman–Crippen LogP) is 2.17. The van der Waals surface area contributed by atoms with Crippen molar-refractivity contribution in [3.8, 4) is 0 Å². The van der Waals surface area contributed by atoms with Crippen molar-refractivity contribution < 1.29 is 0 Å². The van der Waals surface area contributed by atoms with Gasteiger partial charge in [-0.25, -0.2) is 4.98 Å². The van der Waals surface area contributed by atoms with Crippen LogP contribution in [0.4, 0.5) is 5.69 Å². The molecule has 13 heavy (non-hydrogen) atoms. The number of nitrogens with one attached hydrogen (secondary N) is 2. The molecule has 0 saturated heterocycles. The minimum Gasteiger partial charge on any atom is -0.386 e. The third-order valence-electron chi connectivity index (χ3n) is 2.27. The minimum absolute atomic E-state index is 0.946. The Morgan fingerprint density at radius 1 is 1.54 bits per heavy atom. The summed E-state index contributed by atoms with van der Waals surface area (Å²) in [7, 11) is 1.92. The first-order chi connectivity index (χ1) is 6.35. The maximum Gasteiger partial charge on any atom is 0.139 e. The number of H-pyrrole nitrogens is 1. The van der Waals surface area contributed by atoms with Crippen molar-refractivity contribution in [3.63, 3.8) is 0 Å². The average Bonchev–Trinajstić information content (AvgIpc) is 2.59. The molecule has 0 radical (unpaired) electrons. The van der Waals surface area contributed by atoms with Crippen molar-refractivity contribution in [2.24, 2.45) is 0 Å². The van der Waals surface area contributed by atoms with Gasteiger partial charge in [-0.05, 0) is 18.1 Å². The van der Waals surface area contributed by atoms with E-state index in [0.717, 1.165) is 17.8 Å². The van der Waals surface area contributed by atoms with Crippen LogP contribution in [0, 0.1) is 0 Å². The van der Waals surface area contributed by atoms with E-state index in [9.17, 15) is 0 Å². The Morgan fingerprint density at radius 2 is 2.38 bits per heavy atom. The van der Waals surface area contributed by atoms with E-state index in [1.807, 2.05) is 19.4 Å². The number of anilines is 1. The van der Waals surface area contributed by atoms with Crippen molar-refractivity contribution in [1.82, 2.24) is 9.97 Å². The first-order valence-corrected chi connectivity index (χ1v) is 4.49. The molecule has 0 spiro atoms. The van der Waals surface area contributed by atoms with Crippen LogP contribution in [0.25, 0.3) is 11.0 Å². The fourth-order valence-corrected chi connectivity index (χ4v) is 1.45. The Morgan fingerprint density at radius 3 is 3.08 bits per heavy atom. The number of hydrogen-bond acceptors (Lipinski definition) is 2. The van der Waals surface area contributed by atoms with Crippen molar-refractivity contribution >= 4 is 16.7 Å². The number of nitrogens with zero attached hydrogens (tertiary/aromatic N) is 1. The van der Waals surface area contributed by atoms with E-state index in [-0.39, 0.29) is 0 Å². The molecule has 2 aromatic rings. The fraction of sp³-hybridized carbons (Fsp3) is 0.300. The molecule has 0 aliphatic rings. The quantitative estimate of drug-likeness (QED) is 0.734. The number of hydrogen-bond donors (Lipinski definition) is 2. The second kappa shape index (κ2) is 3.09. The van der Waals surface area contributed by atoms with Gasteiger partial charge in [0.2, 0.25) is 0 Å². The lowest BCUT2D eigenvalue weighted by atomic mass is 10.2. The lowest BCUT2D eigenvalue weighted by Crippen LogP contribution is -1.87. The summed E-state index contributed by atoms with van der Waals surface area (Å²) < 4.78 is 0. The van der Waals surface area contributed by atoms with Gasteiger partial charge >= 0.3 is 0 Å². The van der Waals surface area contributed by atoms with Gasteiger partial charge in [-0.2, -0.15) is 0 Å². The van der Waals surface area contributed by atoms with Gasteiger partial charge in [0, 0.05) is 24.8 Å². The summed E-state index contributed by atoms with van der Waals surface area (Å²) >= 11 is 0. The van der Waals surface area contributed by atoms with Gasteiger partial charge in [-0.15, -0.1) is 0 Å². The van der Waals surface area contributed by atoms with E-state index < -0.39 is 0 Å². The highest BCUT2D eigenvalue weighted by molar-refractivity contribution is 5.90. The molecule has 0 atom stereocenters. The highest BCUT2D eigenvalue weighted by atomic mass is 14.9. The summed E-state index contributed by atoms with van der Waals surface area (Å²) in [5.41, 5.74) is 3.32. The predicted molar refractivity (Wildman–Crippen MR) is 55.0 cm³/mol. The van der Waals surface area contributed by atoms with Crippen LogP contribution in [-0.2, 0) is 6.42 Å². The molecule has 0 amide bonds. The lowest BCUT2D eigenvalue weighted by molar-refractivity contribution is 1.12. The van der Waals surface area contributed by atoms with Crippen LogP contribution in [0.1, 0.15) is 12.5 Å². The van der Waals surface area contributed by atoms with Crippen LogP contribution in [0.15, 0.2) is 18.5 Å². The van der Waals surface area contributed by atoms with Crippen LogP contribution < -0.4 is 5.32 Å². The monoisotopic (exact) mass is 175 g/mol. The molecule has 2 rings (SSSR count). The Hall–Kier alpha value is -1.51. The zero-order valence-electron chi connectivity index (χ0n) is 7.89. The summed E-state index contributed by atoms with van der Waals surface area (Å²) in [6, 6.07) is 2.17. The van der Waals surface area contributed by atoms with Gasteiger partial charge in [-0.3, -0.25) is 0 Å². The third kappa shape index (κ3) is 1.26. The zero-order chi connectivity index (χ0) is 9.26. The highest BCUT2D eigenvalue weighted by Gasteiger charge is 2.02. The molecular formula is C10H13N3. The SMILES string of the molecule is CCc1cnc2[nH]cc(NC)c2c1. The number of pyridine rings is 1. The van der Waals surface area contributed by atoms with E-state index in [1.54, 1.807) is 0 Å². The molecule has 0 fully saturated rings. The molecule has 0 aliphatic carbocycles. The summed E-state index contributed by atoms with van der Waals surface area (Å²) in [5, 5.41) is 4.30. The molecule has 3 heteroatoms. The summed E-state index contributed by atoms with van der Waals surface area (Å²) in [4.78, 5) is 7.44. The van der Waals surface area contributed by atoms with Crippen LogP contribution >= 0.6 is 0 Å². The molecular weight excluding hydrogens is 162 g/mol. The smallest absolute Gasteiger partial charge is 0.139 e. The minimum atomic E-state index is 0.946. The Bertz CT molecular complexity index is 417. The van der Waals surface area contributed by atoms with Gasteiger partial charge in [-0.1, -0.05) is 6.92 Å². The van der Waals surface area contributed by atoms with Crippen LogP contribution in [0.3, 0.4) is 0 Å². The standard InChI is InChI=1S/C10H13N3/c1-3-7-4-8-9(11-2)6-13-10(8)12-5-7/h4-6,11H,3H2,1-2H3,(H,12,13). The van der Waals surface area contributed by atoms with Crippen molar-refractivity contribution in [2.45, 2.75) is 13.3 Å². The fourth-order valence-electron chi connectivity index (χ4n) is 1.45. The number of rotatable bonds is 2. The van der Waals surface area contributed by atoms with Gasteiger partial charge in [0.25, 0.3) is 0 Å². The molecule has 0 aromatic carbocycles. The second-order valence-corrected chi connectivity index (χ2v) is 3.05. The van der Waals surface area contributed by atoms with Crippen molar-refractivity contribution in [1.29, 1.82) is 0 Å². The second-order valence-electron chi connectivity index (χ2n) is 3.05. The third-order valence-corrected chi connectivity index (χ3v) is 2.27. The van der Waals surface area contributed by atoms with Crippen LogP contribution in [-0.4, -0.2) is 17.0 Å². The molecule has 2 N–H and O–H groups in total. The maximum absolute atomic E-state index is 4.33. The molecule has 0 saturated carbocycles. The van der Waals surface area contributed by atoms with E-state index in [0.29, 0.717) is 0 Å². The largest absolute Gasteiger partial charge is 0.386 e. The van der Waals surface area contributed by atoms with E-state index >= 15 is 0 Å². The van der Waals surface area contributed by atoms with E-state index in [2.05, 4.69) is 28.3 Å². The number of fused-ring (bicyclic) bond motifs is 1. The molecule has 3 nitrogen and oxygen atoms in total. The lowest BCUT2D eigenvalue weighted by Gasteiger charge is -1.98. The summed E-state index contributed by atoms with van der Waals surface area (Å²) in [6.07, 6.45) is 4.88. The number of aromatic nitrogens is 2. The molecule has 2 heterocycles. The van der Waals surface area contributed by atoms with Crippen LogP contribution in [0.2, 0.25) is 0 Å². The Kier molecular flexibility index (Phi) is 1.93. The summed E-state index contributed by atoms with van der Waals surface area (Å²) in [6.45, 7) is 2.13. The van der Waals surface area contributed by atoms with Gasteiger partial charge < -0.3 is 10.3 Å². The Balaban J connectivity index is 2.64. The van der Waals surface area contributed by atoms with E-state index in [4.69, 9.17) is 0 Å². The van der Waals surface area contributed by atoms with Gasteiger partial charge in [0.15, 0.2) is 0 Å². The molecule has 2 aromatic heterocycles. The first kappa shape index (κ1) is 8.10. The molecule has 0 bridgehead atoms. The molecule has 0 unspecified atom stereocenters. The average molecular weight is 175 g/mol. The Labute approximate surface area is 77.2 Å². The highest BCUT2D eigenvalue weighted by Crippen LogP contribution is 2.21. The van der Waals surface area contributed by atoms with Gasteiger partial charge in [0.05, 0.1) is 5.69 Å². The number of aromatic amines is 1. The maximum atomic E-state index is 4.33. The number of aryl methyl sites for hydroxylation is 1. The molecule has 68 valence electrons. The van der Waals surface area contributed by atoms with Crippen molar-refractivity contribution in [3.05, 3.63) is 24.0 Å². The van der Waals surface area contributed by atoms with Crippen molar-refractivity contribution in [2.75, 3.05) is 12.4 Å². The normalized spacial score (nSPS) is 10.6. The summed E-state index contributed by atoms with van der Waals surface area (Å²) in [5.74, 6) is 0. The topological polar surface area (TPSA) is 40.7 Å². The van der Waals surface area contributed by atoms with E-state index in [1.165, 1.54) is 10.9 Å². The zero-order valence-corrected chi connectivity index (χ0v) is 7.89. The van der Waals surface area contributed by atoms with Gasteiger partial charge in [0.1, 0.15) is 5.65 Å². The molecule has 0 aliphatic heterocycles. The van der Waals surface area contributed by atoms with Crippen LogP contribution in [0.5, 0.6) is 0 Å².